The van der Waals surface area contributed by atoms with Gasteiger partial charge in [0.05, 0.1) is 11.1 Å². The first-order valence-electron chi connectivity index (χ1n) is 8.53. The van der Waals surface area contributed by atoms with E-state index in [0.29, 0.717) is 17.7 Å². The summed E-state index contributed by atoms with van der Waals surface area (Å²) in [5.41, 5.74) is 1.79. The molecule has 0 saturated carbocycles. The molecule has 1 fully saturated rings. The number of hydrogen-bond donors (Lipinski definition) is 0. The molecule has 132 valence electrons. The van der Waals surface area contributed by atoms with Crippen molar-refractivity contribution in [1.82, 2.24) is 9.80 Å². The van der Waals surface area contributed by atoms with Gasteiger partial charge in [-0.05, 0) is 24.6 Å². The van der Waals surface area contributed by atoms with Gasteiger partial charge in [0.2, 0.25) is 5.91 Å². The third-order valence-electron chi connectivity index (χ3n) is 4.83. The van der Waals surface area contributed by atoms with E-state index in [4.69, 9.17) is 0 Å². The Kier molecular flexibility index (Phi) is 4.28. The van der Waals surface area contributed by atoms with Crippen LogP contribution in [0.3, 0.4) is 0 Å². The molecule has 2 aliphatic heterocycles. The molecule has 0 bridgehead atoms. The van der Waals surface area contributed by atoms with Crippen molar-refractivity contribution in [3.05, 3.63) is 71.3 Å². The molecule has 3 amide bonds. The Morgan fingerprint density at radius 3 is 2.19 bits per heavy atom. The average Bonchev–Trinajstić information content (AvgIpc) is 3.26. The molecule has 0 radical (unpaired) electrons. The molecular formula is C20H18N2O3S. The van der Waals surface area contributed by atoms with Crippen molar-refractivity contribution in [2.45, 2.75) is 18.3 Å². The Morgan fingerprint density at radius 1 is 1.00 bits per heavy atom. The maximum atomic E-state index is 13.1. The molecule has 2 heterocycles. The summed E-state index contributed by atoms with van der Waals surface area (Å²) in [7, 11) is 0. The van der Waals surface area contributed by atoms with Crippen LogP contribution in [0.2, 0.25) is 0 Å². The largest absolute Gasteiger partial charge is 0.324 e. The summed E-state index contributed by atoms with van der Waals surface area (Å²) in [4.78, 5) is 41.3. The van der Waals surface area contributed by atoms with Gasteiger partial charge in [-0.25, -0.2) is 0 Å². The van der Waals surface area contributed by atoms with Gasteiger partial charge in [-0.15, -0.1) is 11.8 Å². The number of hydrogen-bond acceptors (Lipinski definition) is 4. The highest BCUT2D eigenvalue weighted by Crippen LogP contribution is 2.38. The molecular weight excluding hydrogens is 348 g/mol. The van der Waals surface area contributed by atoms with Crippen molar-refractivity contribution < 1.29 is 14.4 Å². The first kappa shape index (κ1) is 16.8. The number of fused-ring (bicyclic) bond motifs is 1. The van der Waals surface area contributed by atoms with Gasteiger partial charge in [-0.1, -0.05) is 42.5 Å². The predicted octanol–water partition coefficient (Wildman–Crippen LogP) is 2.95. The SMILES string of the molecule is CC(C(=O)N1CCSC1c1ccccc1)N1C(=O)c2ccccc2C1=O. The summed E-state index contributed by atoms with van der Waals surface area (Å²) in [6, 6.07) is 15.7. The van der Waals surface area contributed by atoms with Gasteiger partial charge in [0.15, 0.2) is 0 Å². The molecule has 0 aliphatic carbocycles. The summed E-state index contributed by atoms with van der Waals surface area (Å²) in [6.45, 7) is 2.24. The van der Waals surface area contributed by atoms with Crippen LogP contribution in [0.1, 0.15) is 38.6 Å². The van der Waals surface area contributed by atoms with E-state index in [1.54, 1.807) is 47.9 Å². The fraction of sp³-hybridized carbons (Fsp3) is 0.250. The molecule has 1 saturated heterocycles. The van der Waals surface area contributed by atoms with Gasteiger partial charge >= 0.3 is 0 Å². The molecule has 2 aliphatic rings. The van der Waals surface area contributed by atoms with Gasteiger partial charge in [0.25, 0.3) is 11.8 Å². The van der Waals surface area contributed by atoms with E-state index in [1.165, 1.54) is 0 Å². The number of carbonyl (C=O) groups excluding carboxylic acids is 3. The van der Waals surface area contributed by atoms with E-state index in [0.717, 1.165) is 16.2 Å². The summed E-state index contributed by atoms with van der Waals surface area (Å²) >= 11 is 1.70. The van der Waals surface area contributed by atoms with Crippen LogP contribution in [0.15, 0.2) is 54.6 Å². The van der Waals surface area contributed by atoms with Crippen LogP contribution in [0.4, 0.5) is 0 Å². The lowest BCUT2D eigenvalue weighted by atomic mass is 10.1. The first-order valence-corrected chi connectivity index (χ1v) is 9.58. The number of benzene rings is 2. The summed E-state index contributed by atoms with van der Waals surface area (Å²) < 4.78 is 0. The average molecular weight is 366 g/mol. The molecule has 2 atom stereocenters. The van der Waals surface area contributed by atoms with Crippen molar-refractivity contribution in [2.75, 3.05) is 12.3 Å². The zero-order valence-electron chi connectivity index (χ0n) is 14.3. The van der Waals surface area contributed by atoms with Crippen LogP contribution >= 0.6 is 11.8 Å². The van der Waals surface area contributed by atoms with Gasteiger partial charge in [-0.2, -0.15) is 0 Å². The number of carbonyl (C=O) groups is 3. The van der Waals surface area contributed by atoms with Crippen molar-refractivity contribution in [3.63, 3.8) is 0 Å². The van der Waals surface area contributed by atoms with E-state index in [-0.39, 0.29) is 11.3 Å². The van der Waals surface area contributed by atoms with Crippen molar-refractivity contribution in [2.24, 2.45) is 0 Å². The Morgan fingerprint density at radius 2 is 1.58 bits per heavy atom. The lowest BCUT2D eigenvalue weighted by Gasteiger charge is -2.30. The maximum Gasteiger partial charge on any atom is 0.262 e. The van der Waals surface area contributed by atoms with Crippen LogP contribution in [0.5, 0.6) is 0 Å². The highest BCUT2D eigenvalue weighted by atomic mass is 32.2. The molecule has 2 aromatic carbocycles. The van der Waals surface area contributed by atoms with E-state index in [9.17, 15) is 14.4 Å². The highest BCUT2D eigenvalue weighted by molar-refractivity contribution is 7.99. The van der Waals surface area contributed by atoms with E-state index < -0.39 is 17.9 Å². The molecule has 5 nitrogen and oxygen atoms in total. The van der Waals surface area contributed by atoms with Crippen LogP contribution in [0.25, 0.3) is 0 Å². The summed E-state index contributed by atoms with van der Waals surface area (Å²) in [6.07, 6.45) is 0. The van der Waals surface area contributed by atoms with Gasteiger partial charge in [0.1, 0.15) is 11.4 Å². The topological polar surface area (TPSA) is 57.7 Å². The standard InChI is InChI=1S/C20H18N2O3S/c1-13(22-18(24)15-9-5-6-10-16(15)19(22)25)17(23)21-11-12-26-20(21)14-7-3-2-4-8-14/h2-10,13,20H,11-12H2,1H3. The zero-order valence-corrected chi connectivity index (χ0v) is 15.1. The highest BCUT2D eigenvalue weighted by Gasteiger charge is 2.43. The summed E-state index contributed by atoms with van der Waals surface area (Å²) in [5.74, 6) is -0.150. The lowest BCUT2D eigenvalue weighted by Crippen LogP contribution is -2.49. The molecule has 0 spiro atoms. The van der Waals surface area contributed by atoms with Crippen LogP contribution in [-0.4, -0.2) is 45.9 Å². The Hall–Kier alpha value is -2.60. The quantitative estimate of drug-likeness (QED) is 0.784. The fourth-order valence-corrected chi connectivity index (χ4v) is 4.76. The molecule has 2 aromatic rings. The van der Waals surface area contributed by atoms with Crippen LogP contribution in [-0.2, 0) is 4.79 Å². The minimum absolute atomic E-state index is 0.0821. The van der Waals surface area contributed by atoms with E-state index in [1.807, 2.05) is 30.3 Å². The maximum absolute atomic E-state index is 13.1. The number of nitrogens with zero attached hydrogens (tertiary/aromatic N) is 2. The lowest BCUT2D eigenvalue weighted by molar-refractivity contribution is -0.135. The van der Waals surface area contributed by atoms with Crippen molar-refractivity contribution in [3.8, 4) is 0 Å². The second-order valence-corrected chi connectivity index (χ2v) is 7.56. The molecule has 4 rings (SSSR count). The van der Waals surface area contributed by atoms with E-state index >= 15 is 0 Å². The summed E-state index contributed by atoms with van der Waals surface area (Å²) in [5, 5.41) is -0.0821. The fourth-order valence-electron chi connectivity index (χ4n) is 3.50. The number of imide groups is 1. The minimum Gasteiger partial charge on any atom is -0.324 e. The smallest absolute Gasteiger partial charge is 0.262 e. The van der Waals surface area contributed by atoms with Gasteiger partial charge in [0, 0.05) is 12.3 Å². The number of thioether (sulfide) groups is 1. The third-order valence-corrected chi connectivity index (χ3v) is 6.09. The zero-order chi connectivity index (χ0) is 18.3. The van der Waals surface area contributed by atoms with Crippen LogP contribution in [0, 0.1) is 0 Å². The number of amides is 3. The second-order valence-electron chi connectivity index (χ2n) is 6.37. The normalized spacial score (nSPS) is 20.4. The minimum atomic E-state index is -0.827. The third kappa shape index (κ3) is 2.61. The van der Waals surface area contributed by atoms with Crippen molar-refractivity contribution >= 4 is 29.5 Å². The van der Waals surface area contributed by atoms with E-state index in [2.05, 4.69) is 0 Å². The molecule has 0 aromatic heterocycles. The Labute approximate surface area is 156 Å². The van der Waals surface area contributed by atoms with Gasteiger partial charge in [-0.3, -0.25) is 19.3 Å². The molecule has 6 heteroatoms. The predicted molar refractivity (Wildman–Crippen MR) is 99.8 cm³/mol. The first-order chi connectivity index (χ1) is 12.6. The number of rotatable bonds is 3. The second kappa shape index (κ2) is 6.61. The Bertz CT molecular complexity index is 849. The molecule has 0 N–H and O–H groups in total. The monoisotopic (exact) mass is 366 g/mol. The van der Waals surface area contributed by atoms with Crippen molar-refractivity contribution in [1.29, 1.82) is 0 Å². The van der Waals surface area contributed by atoms with Crippen LogP contribution < -0.4 is 0 Å². The molecule has 26 heavy (non-hydrogen) atoms. The Balaban J connectivity index is 1.59. The molecule has 2 unspecified atom stereocenters. The van der Waals surface area contributed by atoms with Gasteiger partial charge < -0.3 is 4.90 Å².